The van der Waals surface area contributed by atoms with E-state index >= 15 is 0 Å². The van der Waals surface area contributed by atoms with Gasteiger partial charge in [-0.15, -0.1) is 0 Å². The first-order chi connectivity index (χ1) is 7.86. The van der Waals surface area contributed by atoms with E-state index in [-0.39, 0.29) is 5.69 Å². The lowest BCUT2D eigenvalue weighted by Gasteiger charge is -2.11. The van der Waals surface area contributed by atoms with Crippen LogP contribution in [0, 0.1) is 0 Å². The standard InChI is InChI=1S/C11H9N3OS/c15-11-12-8-4-1-2-5-9(8)14(11)10-6-3-7-16-13-10/h1-7,13H,(H,12,15). The van der Waals surface area contributed by atoms with Crippen molar-refractivity contribution in [3.8, 4) is 0 Å². The third-order valence-corrected chi connectivity index (χ3v) is 3.01. The highest BCUT2D eigenvalue weighted by Gasteiger charge is 2.10. The monoisotopic (exact) mass is 231 g/mol. The zero-order valence-electron chi connectivity index (χ0n) is 8.31. The third kappa shape index (κ3) is 1.37. The van der Waals surface area contributed by atoms with Crippen LogP contribution in [0.5, 0.6) is 0 Å². The number of nitrogens with one attached hydrogen (secondary N) is 2. The number of allylic oxidation sites excluding steroid dienone is 2. The molecule has 2 aromatic rings. The van der Waals surface area contributed by atoms with Gasteiger partial charge in [0.15, 0.2) is 0 Å². The summed E-state index contributed by atoms with van der Waals surface area (Å²) in [6.07, 6.45) is 3.78. The fourth-order valence-electron chi connectivity index (χ4n) is 1.71. The van der Waals surface area contributed by atoms with Crippen molar-refractivity contribution >= 4 is 28.8 Å². The molecule has 0 atom stereocenters. The van der Waals surface area contributed by atoms with Crippen molar-refractivity contribution in [1.29, 1.82) is 0 Å². The molecule has 0 saturated carbocycles. The summed E-state index contributed by atoms with van der Waals surface area (Å²) in [4.78, 5) is 14.6. The van der Waals surface area contributed by atoms with E-state index in [1.165, 1.54) is 11.9 Å². The first kappa shape index (κ1) is 9.35. The normalized spacial score (nSPS) is 14.9. The number of aromatic nitrogens is 2. The van der Waals surface area contributed by atoms with Crippen molar-refractivity contribution in [3.63, 3.8) is 0 Å². The van der Waals surface area contributed by atoms with Gasteiger partial charge in [-0.25, -0.2) is 9.36 Å². The minimum absolute atomic E-state index is 0.129. The Bertz CT molecular complexity index is 651. The van der Waals surface area contributed by atoms with Gasteiger partial charge in [-0.1, -0.05) is 18.2 Å². The lowest BCUT2D eigenvalue weighted by molar-refractivity contribution is 0.999. The van der Waals surface area contributed by atoms with Crippen LogP contribution in [0.25, 0.3) is 16.9 Å². The van der Waals surface area contributed by atoms with Crippen LogP contribution in [0.1, 0.15) is 0 Å². The molecule has 1 aliphatic heterocycles. The van der Waals surface area contributed by atoms with E-state index < -0.39 is 0 Å². The second-order valence-corrected chi connectivity index (χ2v) is 4.10. The van der Waals surface area contributed by atoms with Crippen molar-refractivity contribution in [2.75, 3.05) is 0 Å². The maximum absolute atomic E-state index is 11.8. The third-order valence-electron chi connectivity index (χ3n) is 2.39. The van der Waals surface area contributed by atoms with Crippen molar-refractivity contribution < 1.29 is 0 Å². The van der Waals surface area contributed by atoms with Crippen LogP contribution >= 0.6 is 11.9 Å². The second-order valence-electron chi connectivity index (χ2n) is 3.38. The molecule has 1 aromatic heterocycles. The van der Waals surface area contributed by atoms with E-state index in [0.717, 1.165) is 16.9 Å². The quantitative estimate of drug-likeness (QED) is 0.737. The number of fused-ring (bicyclic) bond motifs is 1. The molecule has 1 aromatic carbocycles. The molecule has 1 aliphatic rings. The lowest BCUT2D eigenvalue weighted by Crippen LogP contribution is -2.22. The molecule has 4 nitrogen and oxygen atoms in total. The van der Waals surface area contributed by atoms with Gasteiger partial charge >= 0.3 is 5.69 Å². The molecule has 2 N–H and O–H groups in total. The Hall–Kier alpha value is -1.88. The van der Waals surface area contributed by atoms with E-state index in [0.29, 0.717) is 0 Å². The molecule has 0 bridgehead atoms. The number of benzene rings is 1. The van der Waals surface area contributed by atoms with E-state index in [2.05, 4.69) is 9.71 Å². The summed E-state index contributed by atoms with van der Waals surface area (Å²) in [6.45, 7) is 0. The first-order valence-corrected chi connectivity index (χ1v) is 5.73. The SMILES string of the molecule is O=c1[nH]c2ccccc2n1C1=CC=CSN1. The number of rotatable bonds is 1. The van der Waals surface area contributed by atoms with Crippen LogP contribution < -0.4 is 10.4 Å². The van der Waals surface area contributed by atoms with E-state index in [1.54, 1.807) is 4.57 Å². The molecule has 0 unspecified atom stereocenters. The van der Waals surface area contributed by atoms with Crippen LogP contribution in [0.15, 0.2) is 46.6 Å². The zero-order chi connectivity index (χ0) is 11.0. The number of imidazole rings is 1. The van der Waals surface area contributed by atoms with Gasteiger partial charge in [0, 0.05) is 0 Å². The lowest BCUT2D eigenvalue weighted by atomic mass is 10.3. The average molecular weight is 231 g/mol. The molecular weight excluding hydrogens is 222 g/mol. The van der Waals surface area contributed by atoms with Gasteiger partial charge in [0.25, 0.3) is 0 Å². The highest BCUT2D eigenvalue weighted by molar-refractivity contribution is 8.00. The van der Waals surface area contributed by atoms with Crippen LogP contribution in [-0.4, -0.2) is 9.55 Å². The van der Waals surface area contributed by atoms with Crippen LogP contribution in [0.3, 0.4) is 0 Å². The fourth-order valence-corrected chi connectivity index (χ4v) is 2.22. The van der Waals surface area contributed by atoms with Gasteiger partial charge in [-0.05, 0) is 35.6 Å². The van der Waals surface area contributed by atoms with Crippen molar-refractivity contribution in [1.82, 2.24) is 14.3 Å². The Morgan fingerprint density at radius 3 is 2.94 bits per heavy atom. The number of para-hydroxylation sites is 2. The van der Waals surface area contributed by atoms with Gasteiger partial charge in [-0.2, -0.15) is 0 Å². The van der Waals surface area contributed by atoms with Gasteiger partial charge in [-0.3, -0.25) is 0 Å². The van der Waals surface area contributed by atoms with E-state index in [4.69, 9.17) is 0 Å². The van der Waals surface area contributed by atoms with Crippen molar-refractivity contribution in [2.24, 2.45) is 0 Å². The van der Waals surface area contributed by atoms with Gasteiger partial charge < -0.3 is 9.71 Å². The van der Waals surface area contributed by atoms with Gasteiger partial charge in [0.2, 0.25) is 0 Å². The highest BCUT2D eigenvalue weighted by Crippen LogP contribution is 2.16. The van der Waals surface area contributed by atoms with Crippen LogP contribution in [-0.2, 0) is 0 Å². The largest absolute Gasteiger partial charge is 0.332 e. The number of H-pyrrole nitrogens is 1. The maximum Gasteiger partial charge on any atom is 0.332 e. The van der Waals surface area contributed by atoms with Gasteiger partial charge in [0.05, 0.1) is 11.0 Å². The molecule has 80 valence electrons. The predicted octanol–water partition coefficient (Wildman–Crippen LogP) is 1.89. The zero-order valence-corrected chi connectivity index (χ0v) is 9.12. The maximum atomic E-state index is 11.8. The summed E-state index contributed by atoms with van der Waals surface area (Å²) in [5.41, 5.74) is 1.59. The second kappa shape index (κ2) is 3.61. The van der Waals surface area contributed by atoms with E-state index in [1.807, 2.05) is 41.8 Å². The minimum atomic E-state index is -0.129. The van der Waals surface area contributed by atoms with Crippen LogP contribution in [0.4, 0.5) is 0 Å². The molecule has 0 spiro atoms. The molecule has 2 heterocycles. The summed E-state index contributed by atoms with van der Waals surface area (Å²) in [7, 11) is 0. The predicted molar refractivity (Wildman–Crippen MR) is 66.7 cm³/mol. The molecule has 0 amide bonds. The molecule has 3 rings (SSSR count). The summed E-state index contributed by atoms with van der Waals surface area (Å²) >= 11 is 1.45. The first-order valence-electron chi connectivity index (χ1n) is 4.85. The summed E-state index contributed by atoms with van der Waals surface area (Å²) < 4.78 is 4.72. The Morgan fingerprint density at radius 2 is 2.12 bits per heavy atom. The Kier molecular flexibility index (Phi) is 2.11. The molecular formula is C11H9N3OS. The highest BCUT2D eigenvalue weighted by atomic mass is 32.2. The molecule has 0 saturated heterocycles. The van der Waals surface area contributed by atoms with Crippen molar-refractivity contribution in [3.05, 3.63) is 52.3 Å². The topological polar surface area (TPSA) is 49.8 Å². The van der Waals surface area contributed by atoms with E-state index in [9.17, 15) is 4.79 Å². The molecule has 0 radical (unpaired) electrons. The minimum Gasteiger partial charge on any atom is -0.312 e. The van der Waals surface area contributed by atoms with Crippen LogP contribution in [0.2, 0.25) is 0 Å². The van der Waals surface area contributed by atoms with Gasteiger partial charge in [0.1, 0.15) is 5.82 Å². The average Bonchev–Trinajstić information content (AvgIpc) is 2.66. The molecule has 16 heavy (non-hydrogen) atoms. The number of hydrogen-bond acceptors (Lipinski definition) is 3. The van der Waals surface area contributed by atoms with Crippen molar-refractivity contribution in [2.45, 2.75) is 0 Å². The Balaban J connectivity index is 2.30. The Labute approximate surface area is 95.8 Å². The summed E-state index contributed by atoms with van der Waals surface area (Å²) in [5, 5.41) is 1.92. The smallest absolute Gasteiger partial charge is 0.312 e. The molecule has 5 heteroatoms. The molecule has 0 fully saturated rings. The Morgan fingerprint density at radius 1 is 1.25 bits per heavy atom. The number of nitrogens with zero attached hydrogens (tertiary/aromatic N) is 1. The summed E-state index contributed by atoms with van der Waals surface area (Å²) in [5.74, 6) is 0.773. The number of aromatic amines is 1. The number of hydrogen-bond donors (Lipinski definition) is 2. The fraction of sp³-hybridized carbons (Fsp3) is 0. The summed E-state index contributed by atoms with van der Waals surface area (Å²) in [6, 6.07) is 7.62. The molecule has 0 aliphatic carbocycles.